The predicted molar refractivity (Wildman–Crippen MR) is 205 cm³/mol. The fraction of sp³-hybridized carbons (Fsp3) is 0.116. The number of nitrogen functional groups attached to an aromatic ring is 2. The van der Waals surface area contributed by atoms with Crippen molar-refractivity contribution in [1.82, 2.24) is 0 Å². The van der Waals surface area contributed by atoms with Crippen molar-refractivity contribution < 1.29 is 0 Å². The first kappa shape index (κ1) is 30.5. The number of nitrogens with two attached hydrogens (primary N) is 2. The highest BCUT2D eigenvalue weighted by molar-refractivity contribution is 7.98. The summed E-state index contributed by atoms with van der Waals surface area (Å²) in [5.74, 6) is 0.884. The van der Waals surface area contributed by atoms with E-state index >= 15 is 0 Å². The summed E-state index contributed by atoms with van der Waals surface area (Å²) in [4.78, 5) is 1.14. The lowest BCUT2D eigenvalue weighted by Crippen LogP contribution is -2.14. The molecule has 0 bridgehead atoms. The number of nitrogens with one attached hydrogen (secondary N) is 1. The molecule has 8 rings (SSSR count). The number of rotatable bonds is 5. The lowest BCUT2D eigenvalue weighted by molar-refractivity contribution is 0.661. The Morgan fingerprint density at radius 1 is 0.574 bits per heavy atom. The van der Waals surface area contributed by atoms with Crippen LogP contribution in [0, 0.1) is 6.92 Å². The molecule has 0 amide bonds. The first-order valence-corrected chi connectivity index (χ1v) is 17.0. The van der Waals surface area contributed by atoms with Crippen molar-refractivity contribution in [2.45, 2.75) is 36.8 Å². The maximum Gasteiger partial charge on any atom is 0.0617 e. The summed E-state index contributed by atoms with van der Waals surface area (Å²) in [5, 5.41) is 8.66. The summed E-state index contributed by atoms with van der Waals surface area (Å²) in [6, 6.07) is 48.5. The summed E-state index contributed by atoms with van der Waals surface area (Å²) < 4.78 is 0. The Hall–Kier alpha value is -5.19. The number of hydrogen-bond acceptors (Lipinski definition) is 4. The molecule has 7 aromatic carbocycles. The van der Waals surface area contributed by atoms with Crippen LogP contribution in [0.5, 0.6) is 0 Å². The maximum absolute atomic E-state index is 6.27. The van der Waals surface area contributed by atoms with Crippen LogP contribution in [-0.2, 0) is 11.2 Å². The number of benzene rings is 7. The van der Waals surface area contributed by atoms with E-state index < -0.39 is 0 Å². The molecule has 0 radical (unpaired) electrons. The van der Waals surface area contributed by atoms with Crippen LogP contribution >= 0.6 is 11.8 Å². The molecule has 0 spiro atoms. The molecule has 0 saturated carbocycles. The van der Waals surface area contributed by atoms with E-state index in [2.05, 4.69) is 98.9 Å². The zero-order valence-electron chi connectivity index (χ0n) is 27.0. The predicted octanol–water partition coefficient (Wildman–Crippen LogP) is 11.5. The molecule has 0 atom stereocenters. The summed E-state index contributed by atoms with van der Waals surface area (Å²) in [6.07, 6.45) is 0. The van der Waals surface area contributed by atoms with Gasteiger partial charge in [-0.15, -0.1) is 11.8 Å². The highest BCUT2D eigenvalue weighted by Crippen LogP contribution is 2.51. The Balaban J connectivity index is 0.000000210. The molecule has 232 valence electrons. The van der Waals surface area contributed by atoms with Crippen molar-refractivity contribution in [2.75, 3.05) is 16.8 Å². The average molecular weight is 630 g/mol. The van der Waals surface area contributed by atoms with E-state index in [0.717, 1.165) is 33.4 Å². The van der Waals surface area contributed by atoms with E-state index in [-0.39, 0.29) is 5.41 Å². The van der Waals surface area contributed by atoms with Crippen LogP contribution in [-0.4, -0.2) is 0 Å². The van der Waals surface area contributed by atoms with Gasteiger partial charge in [0.05, 0.1) is 11.4 Å². The standard InChI is InChI=1S/C31H27NS.C12H12N2/c1-19-20-10-4-5-11-21(20)26(18-33-30-15-9-8-14-29(30)32)24-16-25-22-12-6-7-13-27(22)31(2,3)28(25)17-23(19)24;13-11-8-4-5-9-12(11)14-10-6-2-1-3-7-10/h4-17H,18,32H2,1-3H3;1-9,14H,13H2. The monoisotopic (exact) mass is 629 g/mol. The van der Waals surface area contributed by atoms with Gasteiger partial charge in [-0.2, -0.15) is 0 Å². The number of thioether (sulfide) groups is 1. The summed E-state index contributed by atoms with van der Waals surface area (Å²) >= 11 is 1.83. The number of aryl methyl sites for hydroxylation is 1. The van der Waals surface area contributed by atoms with Gasteiger partial charge in [0.25, 0.3) is 0 Å². The smallest absolute Gasteiger partial charge is 0.0617 e. The highest BCUT2D eigenvalue weighted by atomic mass is 32.2. The molecule has 0 fully saturated rings. The number of hydrogen-bond donors (Lipinski definition) is 3. The molecule has 0 aromatic heterocycles. The second-order valence-corrected chi connectivity index (χ2v) is 13.7. The van der Waals surface area contributed by atoms with Gasteiger partial charge >= 0.3 is 0 Å². The number of para-hydroxylation sites is 4. The Bertz CT molecular complexity index is 2240. The van der Waals surface area contributed by atoms with E-state index in [1.807, 2.05) is 78.5 Å². The largest absolute Gasteiger partial charge is 0.398 e. The van der Waals surface area contributed by atoms with Gasteiger partial charge in [0, 0.05) is 27.4 Å². The van der Waals surface area contributed by atoms with Crippen LogP contribution in [0.15, 0.2) is 144 Å². The van der Waals surface area contributed by atoms with Gasteiger partial charge in [0.2, 0.25) is 0 Å². The molecule has 5 N–H and O–H groups in total. The molecule has 1 aliphatic carbocycles. The Kier molecular flexibility index (Phi) is 8.13. The first-order chi connectivity index (χ1) is 22.8. The van der Waals surface area contributed by atoms with E-state index in [1.54, 1.807) is 0 Å². The zero-order chi connectivity index (χ0) is 32.5. The zero-order valence-corrected chi connectivity index (χ0v) is 27.9. The number of fused-ring (bicyclic) bond motifs is 5. The van der Waals surface area contributed by atoms with Gasteiger partial charge in [0.1, 0.15) is 0 Å². The normalized spacial score (nSPS) is 12.7. The molecule has 3 nitrogen and oxygen atoms in total. The molecule has 0 saturated heterocycles. The molecule has 47 heavy (non-hydrogen) atoms. The minimum Gasteiger partial charge on any atom is -0.398 e. The van der Waals surface area contributed by atoms with Gasteiger partial charge in [-0.3, -0.25) is 0 Å². The average Bonchev–Trinajstić information content (AvgIpc) is 3.32. The quantitative estimate of drug-likeness (QED) is 0.101. The molecular formula is C43H39N3S. The molecular weight excluding hydrogens is 591 g/mol. The Morgan fingerprint density at radius 2 is 1.21 bits per heavy atom. The van der Waals surface area contributed by atoms with Gasteiger partial charge in [-0.05, 0) is 110 Å². The SMILES string of the molecule is Cc1c2ccccc2c(CSc2ccccc2N)c2cc3c(cc12)C(C)(C)c1ccccc1-3.Nc1ccccc1Nc1ccccc1. The second-order valence-electron chi connectivity index (χ2n) is 12.7. The third-order valence-electron chi connectivity index (χ3n) is 9.41. The minimum absolute atomic E-state index is 0.00556. The van der Waals surface area contributed by atoms with Gasteiger partial charge < -0.3 is 16.8 Å². The fourth-order valence-corrected chi connectivity index (χ4v) is 7.90. The van der Waals surface area contributed by atoms with Crippen molar-refractivity contribution in [1.29, 1.82) is 0 Å². The van der Waals surface area contributed by atoms with Crippen molar-refractivity contribution in [3.05, 3.63) is 162 Å². The van der Waals surface area contributed by atoms with Crippen LogP contribution in [0.2, 0.25) is 0 Å². The second kappa shape index (κ2) is 12.5. The molecule has 4 heteroatoms. The van der Waals surface area contributed by atoms with Crippen molar-refractivity contribution in [3.63, 3.8) is 0 Å². The van der Waals surface area contributed by atoms with Crippen molar-refractivity contribution in [3.8, 4) is 11.1 Å². The fourth-order valence-electron chi connectivity index (χ4n) is 6.88. The highest BCUT2D eigenvalue weighted by Gasteiger charge is 2.35. The summed E-state index contributed by atoms with van der Waals surface area (Å²) in [7, 11) is 0. The lowest BCUT2D eigenvalue weighted by atomic mass is 9.81. The third kappa shape index (κ3) is 5.70. The van der Waals surface area contributed by atoms with E-state index in [0.29, 0.717) is 0 Å². The van der Waals surface area contributed by atoms with Gasteiger partial charge in [0.15, 0.2) is 0 Å². The van der Waals surface area contributed by atoms with E-state index in [4.69, 9.17) is 11.5 Å². The Morgan fingerprint density at radius 3 is 1.98 bits per heavy atom. The molecule has 0 aliphatic heterocycles. The van der Waals surface area contributed by atoms with E-state index in [9.17, 15) is 0 Å². The maximum atomic E-state index is 6.27. The van der Waals surface area contributed by atoms with Crippen LogP contribution in [0.4, 0.5) is 22.7 Å². The topological polar surface area (TPSA) is 64.1 Å². The third-order valence-corrected chi connectivity index (χ3v) is 10.5. The van der Waals surface area contributed by atoms with Crippen LogP contribution in [0.25, 0.3) is 32.7 Å². The van der Waals surface area contributed by atoms with Crippen LogP contribution in [0.3, 0.4) is 0 Å². The van der Waals surface area contributed by atoms with E-state index in [1.165, 1.54) is 54.9 Å². The Labute approximate surface area is 281 Å². The van der Waals surface area contributed by atoms with Crippen molar-refractivity contribution >= 4 is 56.1 Å². The van der Waals surface area contributed by atoms with Crippen LogP contribution < -0.4 is 16.8 Å². The van der Waals surface area contributed by atoms with Gasteiger partial charge in [-0.1, -0.05) is 105 Å². The molecule has 0 unspecified atom stereocenters. The number of anilines is 4. The molecule has 7 aromatic rings. The van der Waals surface area contributed by atoms with Crippen molar-refractivity contribution in [2.24, 2.45) is 0 Å². The summed E-state index contributed by atoms with van der Waals surface area (Å²) in [5.41, 5.74) is 24.0. The molecule has 1 aliphatic rings. The first-order valence-electron chi connectivity index (χ1n) is 16.0. The molecule has 0 heterocycles. The van der Waals surface area contributed by atoms with Gasteiger partial charge in [-0.25, -0.2) is 0 Å². The summed E-state index contributed by atoms with van der Waals surface area (Å²) in [6.45, 7) is 6.99. The van der Waals surface area contributed by atoms with Crippen LogP contribution in [0.1, 0.15) is 36.1 Å². The minimum atomic E-state index is 0.00556. The lowest BCUT2D eigenvalue weighted by Gasteiger charge is -2.23.